The Morgan fingerprint density at radius 2 is 2.06 bits per heavy atom. The summed E-state index contributed by atoms with van der Waals surface area (Å²) in [6, 6.07) is 9.75. The van der Waals surface area contributed by atoms with Crippen LogP contribution in [0, 0.1) is 5.41 Å². The molecule has 2 heteroatoms. The van der Waals surface area contributed by atoms with Gasteiger partial charge < -0.3 is 9.84 Å². The molecule has 0 aromatic heterocycles. The van der Waals surface area contributed by atoms with Crippen LogP contribution in [0.4, 0.5) is 0 Å². The normalized spacial score (nSPS) is 31.6. The summed E-state index contributed by atoms with van der Waals surface area (Å²) in [6.07, 6.45) is 4.28. The molecule has 1 N–H and O–H groups in total. The Kier molecular flexibility index (Phi) is 3.25. The summed E-state index contributed by atoms with van der Waals surface area (Å²) >= 11 is 0. The monoisotopic (exact) mass is 232 g/mol. The number of para-hydroxylation sites is 1. The maximum absolute atomic E-state index is 10.5. The Hall–Kier alpha value is -1.28. The number of rotatable bonds is 5. The van der Waals surface area contributed by atoms with E-state index in [4.69, 9.17) is 4.74 Å². The summed E-state index contributed by atoms with van der Waals surface area (Å²) in [5.74, 6) is 0.863. The summed E-state index contributed by atoms with van der Waals surface area (Å²) in [7, 11) is 0. The lowest BCUT2D eigenvalue weighted by molar-refractivity contribution is -0.170. The summed E-state index contributed by atoms with van der Waals surface area (Å²) in [5.41, 5.74) is -0.791. The van der Waals surface area contributed by atoms with Gasteiger partial charge in [-0.3, -0.25) is 0 Å². The minimum absolute atomic E-state index is 0.156. The van der Waals surface area contributed by atoms with Crippen molar-refractivity contribution in [3.05, 3.63) is 43.0 Å². The molecule has 0 radical (unpaired) electrons. The molecule has 92 valence electrons. The predicted molar refractivity (Wildman–Crippen MR) is 69.0 cm³/mol. The summed E-state index contributed by atoms with van der Waals surface area (Å²) in [5, 5.41) is 10.5. The highest BCUT2D eigenvalue weighted by atomic mass is 16.5. The molecule has 0 bridgehead atoms. The van der Waals surface area contributed by atoms with Gasteiger partial charge in [-0.05, 0) is 31.4 Å². The molecule has 1 aromatic rings. The van der Waals surface area contributed by atoms with Gasteiger partial charge in [-0.15, -0.1) is 6.58 Å². The lowest BCUT2D eigenvalue weighted by Crippen LogP contribution is -2.58. The van der Waals surface area contributed by atoms with E-state index in [1.165, 1.54) is 0 Å². The van der Waals surface area contributed by atoms with E-state index in [2.05, 4.69) is 13.5 Å². The zero-order valence-electron chi connectivity index (χ0n) is 10.4. The van der Waals surface area contributed by atoms with Gasteiger partial charge in [-0.1, -0.05) is 31.2 Å². The van der Waals surface area contributed by atoms with E-state index in [1.807, 2.05) is 30.3 Å². The lowest BCUT2D eigenvalue weighted by atomic mass is 9.57. The molecule has 17 heavy (non-hydrogen) atoms. The fraction of sp³-hybridized carbons (Fsp3) is 0.467. The van der Waals surface area contributed by atoms with E-state index in [9.17, 15) is 5.11 Å². The molecule has 1 fully saturated rings. The van der Waals surface area contributed by atoms with E-state index >= 15 is 0 Å². The van der Waals surface area contributed by atoms with Crippen molar-refractivity contribution >= 4 is 0 Å². The van der Waals surface area contributed by atoms with Crippen LogP contribution in [0.3, 0.4) is 0 Å². The van der Waals surface area contributed by atoms with Crippen LogP contribution < -0.4 is 4.74 Å². The minimum Gasteiger partial charge on any atom is -0.493 e. The van der Waals surface area contributed by atoms with Crippen molar-refractivity contribution in [3.8, 4) is 5.75 Å². The van der Waals surface area contributed by atoms with E-state index < -0.39 is 5.60 Å². The Bertz CT molecular complexity index is 387. The predicted octanol–water partition coefficient (Wildman–Crippen LogP) is 3.17. The second-order valence-electron chi connectivity index (χ2n) is 5.19. The van der Waals surface area contributed by atoms with E-state index in [-0.39, 0.29) is 5.41 Å². The van der Waals surface area contributed by atoms with Gasteiger partial charge in [0.1, 0.15) is 5.75 Å². The second-order valence-corrected chi connectivity index (χ2v) is 5.19. The molecule has 0 amide bonds. The first-order chi connectivity index (χ1) is 8.10. The third-order valence-electron chi connectivity index (χ3n) is 4.00. The van der Waals surface area contributed by atoms with Crippen LogP contribution in [0.15, 0.2) is 43.0 Å². The molecule has 1 saturated carbocycles. The van der Waals surface area contributed by atoms with Gasteiger partial charge >= 0.3 is 0 Å². The maximum Gasteiger partial charge on any atom is 0.119 e. The molecule has 0 aliphatic heterocycles. The molecule has 1 aliphatic rings. The van der Waals surface area contributed by atoms with Gasteiger partial charge in [0.05, 0.1) is 12.2 Å². The molecule has 0 heterocycles. The standard InChI is InChI=1S/C15H20O2/c1-3-9-15(16)11-10-14(15,2)12-17-13-7-5-4-6-8-13/h3-8,16H,1,9-12H2,2H3/t14-,15-/m0/s1. The van der Waals surface area contributed by atoms with Crippen LogP contribution in [0.25, 0.3) is 0 Å². The van der Waals surface area contributed by atoms with Crippen molar-refractivity contribution < 1.29 is 9.84 Å². The first-order valence-electron chi connectivity index (χ1n) is 6.11. The van der Waals surface area contributed by atoms with Gasteiger partial charge in [0.2, 0.25) is 0 Å². The molecule has 0 spiro atoms. The Balaban J connectivity index is 1.97. The van der Waals surface area contributed by atoms with Crippen molar-refractivity contribution in [2.45, 2.75) is 31.8 Å². The minimum atomic E-state index is -0.635. The van der Waals surface area contributed by atoms with Crippen LogP contribution >= 0.6 is 0 Å². The van der Waals surface area contributed by atoms with E-state index in [0.717, 1.165) is 18.6 Å². The highest BCUT2D eigenvalue weighted by molar-refractivity contribution is 5.21. The van der Waals surface area contributed by atoms with E-state index in [1.54, 1.807) is 6.08 Å². The van der Waals surface area contributed by atoms with Gasteiger partial charge in [0.15, 0.2) is 0 Å². The quantitative estimate of drug-likeness (QED) is 0.790. The lowest BCUT2D eigenvalue weighted by Gasteiger charge is -2.53. The highest BCUT2D eigenvalue weighted by Gasteiger charge is 2.54. The van der Waals surface area contributed by atoms with Gasteiger partial charge in [-0.25, -0.2) is 0 Å². The molecule has 2 atom stereocenters. The summed E-state index contributed by atoms with van der Waals surface area (Å²) in [6.45, 7) is 6.35. The average molecular weight is 232 g/mol. The van der Waals surface area contributed by atoms with Gasteiger partial charge in [0.25, 0.3) is 0 Å². The smallest absolute Gasteiger partial charge is 0.119 e. The fourth-order valence-corrected chi connectivity index (χ4v) is 2.39. The molecule has 1 aromatic carbocycles. The van der Waals surface area contributed by atoms with Gasteiger partial charge in [-0.2, -0.15) is 0 Å². The van der Waals surface area contributed by atoms with Crippen LogP contribution in [0.2, 0.25) is 0 Å². The topological polar surface area (TPSA) is 29.5 Å². The third kappa shape index (κ3) is 2.22. The second kappa shape index (κ2) is 4.53. The molecule has 2 nitrogen and oxygen atoms in total. The fourth-order valence-electron chi connectivity index (χ4n) is 2.39. The third-order valence-corrected chi connectivity index (χ3v) is 4.00. The molecule has 0 unspecified atom stereocenters. The van der Waals surface area contributed by atoms with Crippen molar-refractivity contribution in [3.63, 3.8) is 0 Å². The first kappa shape index (κ1) is 12.2. The summed E-state index contributed by atoms with van der Waals surface area (Å²) < 4.78 is 5.76. The van der Waals surface area contributed by atoms with Crippen molar-refractivity contribution in [1.29, 1.82) is 0 Å². The van der Waals surface area contributed by atoms with E-state index in [0.29, 0.717) is 13.0 Å². The molecular weight excluding hydrogens is 212 g/mol. The van der Waals surface area contributed by atoms with Crippen LogP contribution in [-0.4, -0.2) is 17.3 Å². The van der Waals surface area contributed by atoms with Crippen LogP contribution in [0.1, 0.15) is 26.2 Å². The molecular formula is C15H20O2. The maximum atomic E-state index is 10.5. The summed E-state index contributed by atoms with van der Waals surface area (Å²) in [4.78, 5) is 0. The van der Waals surface area contributed by atoms with Crippen molar-refractivity contribution in [1.82, 2.24) is 0 Å². The average Bonchev–Trinajstić information content (AvgIpc) is 2.36. The van der Waals surface area contributed by atoms with Gasteiger partial charge in [0, 0.05) is 5.41 Å². The van der Waals surface area contributed by atoms with Crippen molar-refractivity contribution in [2.24, 2.45) is 5.41 Å². The zero-order chi connectivity index (χ0) is 12.4. The number of aliphatic hydroxyl groups is 1. The zero-order valence-corrected chi connectivity index (χ0v) is 10.4. The Morgan fingerprint density at radius 3 is 2.59 bits per heavy atom. The molecule has 1 aliphatic carbocycles. The van der Waals surface area contributed by atoms with Crippen LogP contribution in [-0.2, 0) is 0 Å². The Morgan fingerprint density at radius 1 is 1.35 bits per heavy atom. The largest absolute Gasteiger partial charge is 0.493 e. The molecule has 0 saturated heterocycles. The Labute approximate surface area is 103 Å². The highest BCUT2D eigenvalue weighted by Crippen LogP contribution is 2.52. The number of benzene rings is 1. The number of ether oxygens (including phenoxy) is 1. The number of hydrogen-bond acceptors (Lipinski definition) is 2. The first-order valence-corrected chi connectivity index (χ1v) is 6.11. The van der Waals surface area contributed by atoms with Crippen molar-refractivity contribution in [2.75, 3.05) is 6.61 Å². The number of hydrogen-bond donors (Lipinski definition) is 1. The van der Waals surface area contributed by atoms with Crippen LogP contribution in [0.5, 0.6) is 5.75 Å². The molecule has 2 rings (SSSR count). The SMILES string of the molecule is C=CC[C@]1(O)CC[C@@]1(C)COc1ccccc1.